The molecule has 0 unspecified atom stereocenters. The van der Waals surface area contributed by atoms with Crippen molar-refractivity contribution in [2.75, 3.05) is 5.32 Å². The lowest BCUT2D eigenvalue weighted by Crippen LogP contribution is -2.23. The summed E-state index contributed by atoms with van der Waals surface area (Å²) in [7, 11) is -4.51. The molecule has 0 spiro atoms. The van der Waals surface area contributed by atoms with Crippen LogP contribution >= 0.6 is 22.3 Å². The Morgan fingerprint density at radius 3 is 2.03 bits per heavy atom. The lowest BCUT2D eigenvalue weighted by atomic mass is 9.84. The number of amides is 1. The van der Waals surface area contributed by atoms with Crippen molar-refractivity contribution in [3.8, 4) is 5.75 Å². The predicted molar refractivity (Wildman–Crippen MR) is 117 cm³/mol. The third-order valence-electron chi connectivity index (χ3n) is 4.61. The Bertz CT molecular complexity index is 1350. The molecule has 0 saturated heterocycles. The molecule has 0 aliphatic heterocycles. The molecule has 0 bridgehead atoms. The fourth-order valence-electron chi connectivity index (χ4n) is 2.93. The molecule has 2 aromatic rings. The van der Waals surface area contributed by atoms with Gasteiger partial charge in [-0.2, -0.15) is 13.2 Å². The first-order chi connectivity index (χ1) is 14.7. The molecule has 2 aromatic carbocycles. The van der Waals surface area contributed by atoms with Crippen LogP contribution in [0.2, 0.25) is 5.02 Å². The van der Waals surface area contributed by atoms with E-state index in [4.69, 9.17) is 22.3 Å². The summed E-state index contributed by atoms with van der Waals surface area (Å²) in [5, 5.41) is 12.4. The molecule has 0 aromatic heterocycles. The number of anilines is 1. The molecule has 182 valence electrons. The van der Waals surface area contributed by atoms with Gasteiger partial charge in [-0.05, 0) is 42.2 Å². The standard InChI is InChI=1S/C19H18Cl2F3NO6S2/c1-9-14(33(21,30)31)8-11(18(2,3)4)16(26)15(9)17(27)25-13-6-5-10(7-12(13)20)32(28,29)19(22,23)24/h5-8,26H,1-4H3,(H,25,27). The van der Waals surface area contributed by atoms with Gasteiger partial charge in [0.1, 0.15) is 5.75 Å². The highest BCUT2D eigenvalue weighted by Crippen LogP contribution is 2.40. The summed E-state index contributed by atoms with van der Waals surface area (Å²) < 4.78 is 85.4. The van der Waals surface area contributed by atoms with Crippen LogP contribution in [0.25, 0.3) is 0 Å². The number of sulfone groups is 1. The second kappa shape index (κ2) is 8.64. The minimum Gasteiger partial charge on any atom is -0.507 e. The van der Waals surface area contributed by atoms with Crippen LogP contribution < -0.4 is 5.32 Å². The number of rotatable bonds is 4. The van der Waals surface area contributed by atoms with Gasteiger partial charge in [-0.15, -0.1) is 0 Å². The summed E-state index contributed by atoms with van der Waals surface area (Å²) in [6.07, 6.45) is 0. The number of phenols is 1. The van der Waals surface area contributed by atoms with Gasteiger partial charge in [0.15, 0.2) is 0 Å². The fraction of sp³-hybridized carbons (Fsp3) is 0.316. The molecule has 0 radical (unpaired) electrons. The number of carbonyl (C=O) groups is 1. The minimum atomic E-state index is -5.67. The largest absolute Gasteiger partial charge is 0.507 e. The summed E-state index contributed by atoms with van der Waals surface area (Å²) in [5.41, 5.74) is -7.19. The number of hydrogen-bond donors (Lipinski definition) is 2. The molecule has 0 heterocycles. The predicted octanol–water partition coefficient (Wildman–Crippen LogP) is 5.12. The summed E-state index contributed by atoms with van der Waals surface area (Å²) in [6.45, 7) is 6.19. The maximum Gasteiger partial charge on any atom is 0.501 e. The average Bonchev–Trinajstić information content (AvgIpc) is 2.60. The highest BCUT2D eigenvalue weighted by Gasteiger charge is 2.47. The highest BCUT2D eigenvalue weighted by molar-refractivity contribution is 8.13. The van der Waals surface area contributed by atoms with Crippen LogP contribution in [0.15, 0.2) is 34.1 Å². The Kier molecular flexibility index (Phi) is 7.13. The number of benzene rings is 2. The third kappa shape index (κ3) is 5.39. The normalized spacial score (nSPS) is 13.1. The van der Waals surface area contributed by atoms with Gasteiger partial charge in [0, 0.05) is 16.2 Å². The van der Waals surface area contributed by atoms with Gasteiger partial charge < -0.3 is 10.4 Å². The molecule has 0 saturated carbocycles. The first-order valence-corrected chi connectivity index (χ1v) is 13.1. The number of phenolic OH excluding ortho intramolecular Hbond substituents is 1. The Morgan fingerprint density at radius 2 is 1.61 bits per heavy atom. The van der Waals surface area contributed by atoms with E-state index in [1.165, 1.54) is 6.92 Å². The summed E-state index contributed by atoms with van der Waals surface area (Å²) in [5.74, 6) is -1.58. The zero-order valence-electron chi connectivity index (χ0n) is 17.5. The smallest absolute Gasteiger partial charge is 0.501 e. The Labute approximate surface area is 197 Å². The fourth-order valence-corrected chi connectivity index (χ4v) is 5.22. The number of carbonyl (C=O) groups excluding carboxylic acids is 1. The molecule has 33 heavy (non-hydrogen) atoms. The van der Waals surface area contributed by atoms with Gasteiger partial charge in [0.05, 0.1) is 26.1 Å². The lowest BCUT2D eigenvalue weighted by molar-refractivity contribution is -0.0436. The van der Waals surface area contributed by atoms with E-state index < -0.39 is 61.8 Å². The van der Waals surface area contributed by atoms with Crippen molar-refractivity contribution in [2.45, 2.75) is 48.4 Å². The van der Waals surface area contributed by atoms with Gasteiger partial charge in [-0.25, -0.2) is 16.8 Å². The molecule has 0 aliphatic rings. The van der Waals surface area contributed by atoms with Crippen LogP contribution in [0.3, 0.4) is 0 Å². The molecule has 1 amide bonds. The van der Waals surface area contributed by atoms with Crippen molar-refractivity contribution in [1.82, 2.24) is 0 Å². The minimum absolute atomic E-state index is 0.0928. The Hall–Kier alpha value is -2.02. The van der Waals surface area contributed by atoms with E-state index >= 15 is 0 Å². The van der Waals surface area contributed by atoms with Crippen LogP contribution in [-0.2, 0) is 24.3 Å². The Morgan fingerprint density at radius 1 is 1.06 bits per heavy atom. The highest BCUT2D eigenvalue weighted by atomic mass is 35.7. The van der Waals surface area contributed by atoms with E-state index in [1.54, 1.807) is 20.8 Å². The number of halogens is 5. The molecular weight excluding hydrogens is 530 g/mol. The van der Waals surface area contributed by atoms with Gasteiger partial charge in [-0.1, -0.05) is 32.4 Å². The first kappa shape index (κ1) is 27.2. The summed E-state index contributed by atoms with van der Waals surface area (Å²) in [4.78, 5) is 11.4. The van der Waals surface area contributed by atoms with Crippen molar-refractivity contribution in [1.29, 1.82) is 0 Å². The van der Waals surface area contributed by atoms with Gasteiger partial charge in [0.25, 0.3) is 24.8 Å². The van der Waals surface area contributed by atoms with Crippen molar-refractivity contribution in [2.24, 2.45) is 0 Å². The number of hydrogen-bond acceptors (Lipinski definition) is 6. The lowest BCUT2D eigenvalue weighted by Gasteiger charge is -2.24. The van der Waals surface area contributed by atoms with Gasteiger partial charge in [-0.3, -0.25) is 4.79 Å². The maximum absolute atomic E-state index is 12.9. The van der Waals surface area contributed by atoms with E-state index in [0.717, 1.165) is 12.1 Å². The monoisotopic (exact) mass is 547 g/mol. The summed E-state index contributed by atoms with van der Waals surface area (Å²) in [6, 6.07) is 3.08. The molecular formula is C19H18Cl2F3NO6S2. The van der Waals surface area contributed by atoms with Gasteiger partial charge >= 0.3 is 5.51 Å². The molecule has 0 fully saturated rings. The molecule has 2 rings (SSSR count). The molecule has 2 N–H and O–H groups in total. The SMILES string of the molecule is Cc1c(S(=O)(=O)Cl)cc(C(C)(C)C)c(O)c1C(=O)Nc1ccc(S(=O)(=O)C(F)(F)F)cc1Cl. The van der Waals surface area contributed by atoms with Crippen LogP contribution in [0.1, 0.15) is 42.3 Å². The molecule has 14 heteroatoms. The maximum atomic E-state index is 12.9. The van der Waals surface area contributed by atoms with E-state index in [0.29, 0.717) is 12.1 Å². The van der Waals surface area contributed by atoms with Crippen molar-refractivity contribution < 1.29 is 39.9 Å². The summed E-state index contributed by atoms with van der Waals surface area (Å²) >= 11 is 5.88. The quantitative estimate of drug-likeness (QED) is 0.512. The van der Waals surface area contributed by atoms with E-state index in [-0.39, 0.29) is 16.8 Å². The van der Waals surface area contributed by atoms with Crippen LogP contribution in [-0.4, -0.2) is 33.4 Å². The number of aromatic hydroxyl groups is 1. The molecule has 0 atom stereocenters. The second-order valence-electron chi connectivity index (χ2n) is 8.00. The third-order valence-corrected chi connectivity index (χ3v) is 7.86. The van der Waals surface area contributed by atoms with Crippen LogP contribution in [0, 0.1) is 6.92 Å². The van der Waals surface area contributed by atoms with Crippen LogP contribution in [0.5, 0.6) is 5.75 Å². The van der Waals surface area contributed by atoms with Crippen molar-refractivity contribution in [3.05, 3.63) is 46.0 Å². The zero-order valence-corrected chi connectivity index (χ0v) is 20.6. The van der Waals surface area contributed by atoms with E-state index in [2.05, 4.69) is 5.32 Å². The molecule has 7 nitrogen and oxygen atoms in total. The second-order valence-corrected chi connectivity index (χ2v) is 12.9. The van der Waals surface area contributed by atoms with E-state index in [9.17, 15) is 39.9 Å². The molecule has 0 aliphatic carbocycles. The Balaban J connectivity index is 2.62. The number of alkyl halides is 3. The number of nitrogens with one attached hydrogen (secondary N) is 1. The van der Waals surface area contributed by atoms with Gasteiger partial charge in [0.2, 0.25) is 0 Å². The zero-order chi connectivity index (χ0) is 25.7. The van der Waals surface area contributed by atoms with Crippen molar-refractivity contribution in [3.63, 3.8) is 0 Å². The van der Waals surface area contributed by atoms with Crippen molar-refractivity contribution >= 4 is 52.8 Å². The van der Waals surface area contributed by atoms with E-state index in [1.807, 2.05) is 0 Å². The average molecular weight is 548 g/mol. The first-order valence-electron chi connectivity index (χ1n) is 8.93. The van der Waals surface area contributed by atoms with Crippen LogP contribution in [0.4, 0.5) is 18.9 Å². The topological polar surface area (TPSA) is 118 Å².